The van der Waals surface area contributed by atoms with Crippen LogP contribution >= 0.6 is 0 Å². The van der Waals surface area contributed by atoms with Crippen molar-refractivity contribution in [2.45, 2.75) is 43.9 Å². The third-order valence-electron chi connectivity index (χ3n) is 4.03. The Bertz CT molecular complexity index is 539. The monoisotopic (exact) mass is 321 g/mol. The van der Waals surface area contributed by atoms with Gasteiger partial charge in [-0.3, -0.25) is 14.9 Å². The van der Waals surface area contributed by atoms with Crippen LogP contribution in [0.15, 0.2) is 30.3 Å². The van der Waals surface area contributed by atoms with E-state index in [0.717, 1.165) is 12.0 Å². The highest BCUT2D eigenvalue weighted by atomic mass is 16.6. The molecule has 2 rings (SSSR count). The summed E-state index contributed by atoms with van der Waals surface area (Å²) in [5, 5.41) is 14.0. The molecule has 1 saturated heterocycles. The molecule has 1 heterocycles. The highest BCUT2D eigenvalue weighted by Gasteiger charge is 2.48. The van der Waals surface area contributed by atoms with E-state index in [0.29, 0.717) is 6.42 Å². The molecule has 126 valence electrons. The van der Waals surface area contributed by atoms with Crippen LogP contribution in [0.1, 0.15) is 31.4 Å². The van der Waals surface area contributed by atoms with E-state index in [1.54, 1.807) is 0 Å². The summed E-state index contributed by atoms with van der Waals surface area (Å²) >= 11 is 0. The van der Waals surface area contributed by atoms with Gasteiger partial charge >= 0.3 is 0 Å². The zero-order valence-electron chi connectivity index (χ0n) is 13.1. The first-order chi connectivity index (χ1) is 11.0. The van der Waals surface area contributed by atoms with Gasteiger partial charge in [0, 0.05) is 17.5 Å². The van der Waals surface area contributed by atoms with Gasteiger partial charge in [-0.2, -0.15) is 0 Å². The number of carbonyl (C=O) groups is 1. The van der Waals surface area contributed by atoms with Crippen LogP contribution in [-0.4, -0.2) is 35.5 Å². The SMILES string of the molecule is CCCC1NNC(C(=O)NCC(N)c2ccccc2)C1[N+](=O)[O-]. The molecule has 0 radical (unpaired) electrons. The van der Waals surface area contributed by atoms with E-state index in [1.165, 1.54) is 0 Å². The van der Waals surface area contributed by atoms with Crippen molar-refractivity contribution in [3.63, 3.8) is 0 Å². The van der Waals surface area contributed by atoms with Gasteiger partial charge in [-0.25, -0.2) is 10.9 Å². The van der Waals surface area contributed by atoms with Crippen molar-refractivity contribution < 1.29 is 9.72 Å². The molecule has 0 saturated carbocycles. The number of rotatable bonds is 7. The molecule has 4 unspecified atom stereocenters. The van der Waals surface area contributed by atoms with E-state index in [2.05, 4.69) is 16.2 Å². The maximum Gasteiger partial charge on any atom is 0.254 e. The number of nitrogens with two attached hydrogens (primary N) is 1. The van der Waals surface area contributed by atoms with Crippen molar-refractivity contribution in [2.75, 3.05) is 6.54 Å². The summed E-state index contributed by atoms with van der Waals surface area (Å²) in [7, 11) is 0. The molecule has 23 heavy (non-hydrogen) atoms. The first kappa shape index (κ1) is 17.3. The summed E-state index contributed by atoms with van der Waals surface area (Å²) in [6.45, 7) is 2.18. The molecule has 1 aliphatic heterocycles. The van der Waals surface area contributed by atoms with E-state index in [1.807, 2.05) is 37.3 Å². The van der Waals surface area contributed by atoms with Crippen molar-refractivity contribution in [3.05, 3.63) is 46.0 Å². The van der Waals surface area contributed by atoms with Crippen LogP contribution in [0.25, 0.3) is 0 Å². The third-order valence-corrected chi connectivity index (χ3v) is 4.03. The lowest BCUT2D eigenvalue weighted by Crippen LogP contribution is -2.51. The van der Waals surface area contributed by atoms with E-state index in [9.17, 15) is 14.9 Å². The van der Waals surface area contributed by atoms with E-state index in [-0.39, 0.29) is 18.6 Å². The summed E-state index contributed by atoms with van der Waals surface area (Å²) in [4.78, 5) is 23.2. The Morgan fingerprint density at radius 2 is 2.09 bits per heavy atom. The smallest absolute Gasteiger partial charge is 0.254 e. The maximum absolute atomic E-state index is 12.3. The van der Waals surface area contributed by atoms with Crippen molar-refractivity contribution in [3.8, 4) is 0 Å². The fourth-order valence-electron chi connectivity index (χ4n) is 2.78. The fraction of sp³-hybridized carbons (Fsp3) is 0.533. The average Bonchev–Trinajstić information content (AvgIpc) is 2.97. The predicted molar refractivity (Wildman–Crippen MR) is 85.9 cm³/mol. The molecule has 4 atom stereocenters. The van der Waals surface area contributed by atoms with Crippen molar-refractivity contribution >= 4 is 5.91 Å². The Labute approximate surface area is 134 Å². The molecule has 1 fully saturated rings. The van der Waals surface area contributed by atoms with E-state index >= 15 is 0 Å². The molecule has 5 N–H and O–H groups in total. The topological polar surface area (TPSA) is 122 Å². The molecule has 8 heteroatoms. The number of amides is 1. The maximum atomic E-state index is 12.3. The van der Waals surface area contributed by atoms with Crippen molar-refractivity contribution in [1.29, 1.82) is 0 Å². The van der Waals surface area contributed by atoms with Crippen LogP contribution in [-0.2, 0) is 4.79 Å². The van der Waals surface area contributed by atoms with E-state index in [4.69, 9.17) is 5.73 Å². The van der Waals surface area contributed by atoms with Gasteiger partial charge in [0.15, 0.2) is 6.04 Å². The molecule has 1 amide bonds. The van der Waals surface area contributed by atoms with Crippen LogP contribution in [0.5, 0.6) is 0 Å². The van der Waals surface area contributed by atoms with Gasteiger partial charge < -0.3 is 11.1 Å². The minimum absolute atomic E-state index is 0.226. The Morgan fingerprint density at radius 1 is 1.39 bits per heavy atom. The zero-order chi connectivity index (χ0) is 16.8. The van der Waals surface area contributed by atoms with Crippen LogP contribution in [0.4, 0.5) is 0 Å². The Morgan fingerprint density at radius 3 is 2.70 bits per heavy atom. The number of nitrogens with one attached hydrogen (secondary N) is 3. The number of carbonyl (C=O) groups excluding carboxylic acids is 1. The lowest BCUT2D eigenvalue weighted by molar-refractivity contribution is -0.523. The summed E-state index contributed by atoms with van der Waals surface area (Å²) in [6, 6.07) is 6.80. The molecule has 8 nitrogen and oxygen atoms in total. The second-order valence-corrected chi connectivity index (χ2v) is 5.70. The standard InChI is InChI=1S/C15H23N5O3/c1-2-6-12-14(20(22)23)13(19-18-12)15(21)17-9-11(16)10-7-4-3-5-8-10/h3-5,7-8,11-14,18-19H,2,6,9,16H2,1H3,(H,17,21). The van der Waals surface area contributed by atoms with Crippen molar-refractivity contribution in [2.24, 2.45) is 5.73 Å². The highest BCUT2D eigenvalue weighted by molar-refractivity contribution is 5.82. The molecule has 0 bridgehead atoms. The molecular weight excluding hydrogens is 298 g/mol. The number of benzene rings is 1. The van der Waals surface area contributed by atoms with Gasteiger partial charge in [0.1, 0.15) is 0 Å². The van der Waals surface area contributed by atoms with Crippen molar-refractivity contribution in [1.82, 2.24) is 16.2 Å². The van der Waals surface area contributed by atoms with Gasteiger partial charge in [-0.15, -0.1) is 0 Å². The number of hydrogen-bond donors (Lipinski definition) is 4. The molecule has 1 aliphatic rings. The quantitative estimate of drug-likeness (QED) is 0.417. The molecule has 1 aromatic carbocycles. The fourth-order valence-corrected chi connectivity index (χ4v) is 2.78. The molecular formula is C15H23N5O3. The van der Waals surface area contributed by atoms with E-state index < -0.39 is 22.9 Å². The Balaban J connectivity index is 1.93. The van der Waals surface area contributed by atoms with Gasteiger partial charge in [0.2, 0.25) is 5.91 Å². The number of nitrogens with zero attached hydrogens (tertiary/aromatic N) is 1. The molecule has 1 aromatic rings. The second-order valence-electron chi connectivity index (χ2n) is 5.70. The minimum Gasteiger partial charge on any atom is -0.353 e. The zero-order valence-corrected chi connectivity index (χ0v) is 13.1. The summed E-state index contributed by atoms with van der Waals surface area (Å²) in [5.74, 6) is -0.413. The van der Waals surface area contributed by atoms with Crippen LogP contribution in [0.2, 0.25) is 0 Å². The molecule has 0 spiro atoms. The van der Waals surface area contributed by atoms with Gasteiger partial charge in [-0.05, 0) is 12.0 Å². The first-order valence-corrected chi connectivity index (χ1v) is 7.77. The highest BCUT2D eigenvalue weighted by Crippen LogP contribution is 2.15. The minimum atomic E-state index is -0.983. The van der Waals surface area contributed by atoms with Crippen LogP contribution in [0, 0.1) is 10.1 Å². The van der Waals surface area contributed by atoms with Crippen LogP contribution < -0.4 is 21.9 Å². The Kier molecular flexibility index (Phi) is 6.03. The number of nitro groups is 1. The largest absolute Gasteiger partial charge is 0.353 e. The summed E-state index contributed by atoms with van der Waals surface area (Å²) in [5.41, 5.74) is 12.5. The van der Waals surface area contributed by atoms with Crippen LogP contribution in [0.3, 0.4) is 0 Å². The number of hydrazine groups is 1. The third kappa shape index (κ3) is 4.25. The summed E-state index contributed by atoms with van der Waals surface area (Å²) < 4.78 is 0. The number of hydrogen-bond acceptors (Lipinski definition) is 6. The van der Waals surface area contributed by atoms with Gasteiger partial charge in [0.05, 0.1) is 6.04 Å². The predicted octanol–water partition coefficient (Wildman–Crippen LogP) is 0.0930. The first-order valence-electron chi connectivity index (χ1n) is 7.77. The lowest BCUT2D eigenvalue weighted by atomic mass is 9.99. The molecule has 0 aliphatic carbocycles. The Hall–Kier alpha value is -2.03. The molecule has 0 aromatic heterocycles. The van der Waals surface area contributed by atoms with Gasteiger partial charge in [-0.1, -0.05) is 43.7 Å². The summed E-state index contributed by atoms with van der Waals surface area (Å²) in [6.07, 6.45) is 1.43. The van der Waals surface area contributed by atoms with Gasteiger partial charge in [0.25, 0.3) is 6.04 Å². The lowest BCUT2D eigenvalue weighted by Gasteiger charge is -2.17. The normalized spacial score (nSPS) is 25.0. The second kappa shape index (κ2) is 8.00. The average molecular weight is 321 g/mol.